The number of aromatic nitrogens is 5. The number of rotatable bonds is 3. The molecule has 4 aliphatic rings. The van der Waals surface area contributed by atoms with Gasteiger partial charge in [0.05, 0.1) is 39.8 Å². The Morgan fingerprint density at radius 1 is 0.980 bits per heavy atom. The van der Waals surface area contributed by atoms with E-state index in [1.54, 1.807) is 17.0 Å². The van der Waals surface area contributed by atoms with Crippen molar-refractivity contribution in [2.75, 3.05) is 6.54 Å². The maximum Gasteiger partial charge on any atom is 0.257 e. The number of halogens is 3. The van der Waals surface area contributed by atoms with Crippen molar-refractivity contribution in [3.8, 4) is 11.5 Å². The van der Waals surface area contributed by atoms with E-state index in [4.69, 9.17) is 27.3 Å². The average molecular weight is 713 g/mol. The lowest BCUT2D eigenvalue weighted by atomic mass is 9.94. The van der Waals surface area contributed by atoms with E-state index in [9.17, 15) is 9.59 Å². The average Bonchev–Trinajstić information content (AvgIpc) is 3.59. The Morgan fingerprint density at radius 3 is 2.63 bits per heavy atom. The molecule has 2 saturated carbocycles. The Balaban J connectivity index is 1.14. The molecular formula is C38H39ClF2N8O2. The zero-order chi connectivity index (χ0) is 35.1. The molecule has 3 fully saturated rings. The fourth-order valence-corrected chi connectivity index (χ4v) is 8.73. The summed E-state index contributed by atoms with van der Waals surface area (Å²) < 4.78 is 36.2. The summed E-state index contributed by atoms with van der Waals surface area (Å²) in [5, 5.41) is 4.29. The molecule has 4 aromatic heterocycles. The van der Waals surface area contributed by atoms with Crippen molar-refractivity contribution < 1.29 is 18.4 Å². The molecule has 5 aromatic rings. The number of amides is 2. The van der Waals surface area contributed by atoms with E-state index in [1.165, 1.54) is 6.07 Å². The number of pyridine rings is 2. The van der Waals surface area contributed by atoms with Crippen molar-refractivity contribution in [1.29, 1.82) is 0 Å². The minimum atomic E-state index is -1.14. The summed E-state index contributed by atoms with van der Waals surface area (Å²) >= 11 is 6.21. The highest BCUT2D eigenvalue weighted by molar-refractivity contribution is 6.29. The van der Waals surface area contributed by atoms with Crippen LogP contribution in [0.1, 0.15) is 102 Å². The van der Waals surface area contributed by atoms with E-state index < -0.39 is 23.6 Å². The molecule has 1 saturated heterocycles. The molecule has 51 heavy (non-hydrogen) atoms. The maximum absolute atomic E-state index is 16.3. The van der Waals surface area contributed by atoms with Gasteiger partial charge in [0, 0.05) is 36.6 Å². The number of benzene rings is 1. The van der Waals surface area contributed by atoms with E-state index in [1.807, 2.05) is 29.7 Å². The van der Waals surface area contributed by atoms with Gasteiger partial charge in [-0.3, -0.25) is 9.59 Å². The summed E-state index contributed by atoms with van der Waals surface area (Å²) in [5.74, 6) is -2.08. The third-order valence-corrected chi connectivity index (χ3v) is 11.6. The number of carbonyl (C=O) groups is 2. The number of aryl methyl sites for hydroxylation is 2. The van der Waals surface area contributed by atoms with Crippen molar-refractivity contribution in [3.05, 3.63) is 75.7 Å². The van der Waals surface area contributed by atoms with Crippen molar-refractivity contribution >= 4 is 45.5 Å². The standard InChI is InChI=1S/C38H39ClF2N8O2/c1-19-27-12-7-21-16-30(47(35(21)45-27)14-4-2-3-5-28-24(37(50)43-19)11-13-31(39)44-28)36-46-29-17-25(32(40)33(41)34(29)49(36)22-9-10-22)38(51)48-18-26(42)20-6-8-23(48)15-20/h7,11-13,16-17,19-20,22-23,26H,2-6,8-10,14-15,18,42H2,1H3,(H,43,50)/t19-,20-,23+,26+/m1/s1. The van der Waals surface area contributed by atoms with Crippen molar-refractivity contribution in [2.24, 2.45) is 11.7 Å². The topological polar surface area (TPSA) is 124 Å². The molecule has 9 rings (SSSR count). The van der Waals surface area contributed by atoms with Crippen LogP contribution in [0.2, 0.25) is 5.15 Å². The van der Waals surface area contributed by atoms with Gasteiger partial charge in [-0.1, -0.05) is 18.0 Å². The number of hydrogen-bond donors (Lipinski definition) is 2. The second-order valence-corrected chi connectivity index (χ2v) is 15.2. The first-order valence-corrected chi connectivity index (χ1v) is 18.5. The van der Waals surface area contributed by atoms with E-state index >= 15 is 8.78 Å². The van der Waals surface area contributed by atoms with Gasteiger partial charge in [-0.15, -0.1) is 0 Å². The fourth-order valence-electron chi connectivity index (χ4n) is 8.56. The second-order valence-electron chi connectivity index (χ2n) is 14.8. The van der Waals surface area contributed by atoms with Crippen LogP contribution in [0.15, 0.2) is 36.4 Å². The Kier molecular flexibility index (Phi) is 7.88. The number of likely N-dealkylation sites (tertiary alicyclic amines) is 1. The number of nitrogens with one attached hydrogen (secondary N) is 1. The zero-order valence-corrected chi connectivity index (χ0v) is 29.1. The number of carbonyl (C=O) groups excluding carboxylic acids is 2. The van der Waals surface area contributed by atoms with Crippen molar-refractivity contribution in [2.45, 2.75) is 95.4 Å². The molecule has 4 atom stereocenters. The van der Waals surface area contributed by atoms with Gasteiger partial charge in [-0.05, 0) is 101 Å². The third-order valence-electron chi connectivity index (χ3n) is 11.4. The number of imidazole rings is 1. The normalized spacial score (nSPS) is 23.9. The molecule has 2 aliphatic carbocycles. The SMILES string of the molecule is C[C@H]1NC(=O)c2ccc(Cl)nc2CCCCCn2c(-c3nc4cc(C(=O)N5C[C@H](N)[C@@H]6CC[C@H]5C6)c(F)c(F)c4n3C3CC3)cc3ccc1nc32. The minimum Gasteiger partial charge on any atom is -0.344 e. The van der Waals surface area contributed by atoms with E-state index in [0.29, 0.717) is 53.4 Å². The van der Waals surface area contributed by atoms with Crippen LogP contribution < -0.4 is 11.1 Å². The molecular weight excluding hydrogens is 674 g/mol. The van der Waals surface area contributed by atoms with Gasteiger partial charge in [0.1, 0.15) is 16.3 Å². The van der Waals surface area contributed by atoms with Crippen molar-refractivity contribution in [1.82, 2.24) is 34.3 Å². The monoisotopic (exact) mass is 712 g/mol. The van der Waals surface area contributed by atoms with Crippen LogP contribution in [0.4, 0.5) is 8.78 Å². The van der Waals surface area contributed by atoms with Crippen molar-refractivity contribution in [3.63, 3.8) is 0 Å². The van der Waals surface area contributed by atoms with Crippen LogP contribution in [0.3, 0.4) is 0 Å². The highest BCUT2D eigenvalue weighted by Crippen LogP contribution is 2.44. The summed E-state index contributed by atoms with van der Waals surface area (Å²) in [6, 6.07) is 10.0. The molecule has 4 bridgehead atoms. The first kappa shape index (κ1) is 32.5. The minimum absolute atomic E-state index is 0.0120. The highest BCUT2D eigenvalue weighted by Gasteiger charge is 2.42. The molecule has 3 N–H and O–H groups in total. The zero-order valence-electron chi connectivity index (χ0n) is 28.3. The summed E-state index contributed by atoms with van der Waals surface area (Å²) in [6.45, 7) is 2.83. The fraction of sp³-hybridized carbons (Fsp3) is 0.447. The number of fused-ring (bicyclic) bond motifs is 5. The van der Waals surface area contributed by atoms with E-state index in [0.717, 1.165) is 68.1 Å². The van der Waals surface area contributed by atoms with Gasteiger partial charge in [-0.2, -0.15) is 0 Å². The predicted octanol–water partition coefficient (Wildman–Crippen LogP) is 6.88. The predicted molar refractivity (Wildman–Crippen MR) is 189 cm³/mol. The van der Waals surface area contributed by atoms with Gasteiger partial charge >= 0.3 is 0 Å². The lowest BCUT2D eigenvalue weighted by molar-refractivity contribution is 0.0598. The largest absolute Gasteiger partial charge is 0.344 e. The maximum atomic E-state index is 16.3. The van der Waals surface area contributed by atoms with Crippen LogP contribution in [0.5, 0.6) is 0 Å². The number of hydrogen-bond acceptors (Lipinski definition) is 6. The van der Waals surface area contributed by atoms with Crippen LogP contribution >= 0.6 is 11.6 Å². The van der Waals surface area contributed by atoms with Crippen LogP contribution in [0, 0.1) is 17.6 Å². The third kappa shape index (κ3) is 5.49. The lowest BCUT2D eigenvalue weighted by Crippen LogP contribution is -2.51. The molecule has 10 nitrogen and oxygen atoms in total. The molecule has 13 heteroatoms. The Labute approximate surface area is 298 Å². The van der Waals surface area contributed by atoms with E-state index in [2.05, 4.69) is 14.9 Å². The molecule has 2 aliphatic heterocycles. The summed E-state index contributed by atoms with van der Waals surface area (Å²) in [7, 11) is 0. The molecule has 1 aromatic carbocycles. The van der Waals surface area contributed by atoms with Gasteiger partial charge in [-0.25, -0.2) is 23.7 Å². The van der Waals surface area contributed by atoms with Gasteiger partial charge in [0.25, 0.3) is 11.8 Å². The Hall–Kier alpha value is -4.42. The van der Waals surface area contributed by atoms with Crippen LogP contribution in [-0.2, 0) is 13.0 Å². The second kappa shape index (κ2) is 12.4. The molecule has 2 amide bonds. The van der Waals surface area contributed by atoms with Gasteiger partial charge in [0.2, 0.25) is 0 Å². The smallest absolute Gasteiger partial charge is 0.257 e. The Bertz CT molecular complexity index is 2250. The quantitative estimate of drug-likeness (QED) is 0.197. The van der Waals surface area contributed by atoms with E-state index in [-0.39, 0.29) is 40.6 Å². The number of nitrogens with two attached hydrogens (primary N) is 1. The first-order chi connectivity index (χ1) is 24.7. The number of nitrogens with zero attached hydrogens (tertiary/aromatic N) is 6. The molecule has 264 valence electrons. The molecule has 6 heterocycles. The van der Waals surface area contributed by atoms with Crippen LogP contribution in [0.25, 0.3) is 33.6 Å². The van der Waals surface area contributed by atoms with Gasteiger partial charge < -0.3 is 25.1 Å². The molecule has 0 spiro atoms. The summed E-state index contributed by atoms with van der Waals surface area (Å²) in [4.78, 5) is 43.3. The Morgan fingerprint density at radius 2 is 1.80 bits per heavy atom. The van der Waals surface area contributed by atoms with Crippen LogP contribution in [-0.4, -0.2) is 59.4 Å². The van der Waals surface area contributed by atoms with Gasteiger partial charge in [0.15, 0.2) is 17.5 Å². The number of piperidine rings is 1. The lowest BCUT2D eigenvalue weighted by Gasteiger charge is -2.37. The first-order valence-electron chi connectivity index (χ1n) is 18.1. The molecule has 0 radical (unpaired) electrons. The highest BCUT2D eigenvalue weighted by atomic mass is 35.5. The summed E-state index contributed by atoms with van der Waals surface area (Å²) in [6.07, 6.45) is 7.22. The summed E-state index contributed by atoms with van der Waals surface area (Å²) in [5.41, 5.74) is 9.71. The molecule has 0 unspecified atom stereocenters.